The largest absolute Gasteiger partial charge is 0.380 e. The molecule has 1 N–H and O–H groups in total. The number of nitrogens with one attached hydrogen (secondary N) is 1. The standard InChI is InChI=1S/C17H16N2O3S/c1-22-12-13-4-6-15(7-5-13)19-23(20,21)16-8-9-17-14(11-16)3-2-10-18-17/h2-11,19H,12H2,1H3. The average Bonchev–Trinajstić information content (AvgIpc) is 2.56. The van der Waals surface area contributed by atoms with Gasteiger partial charge in [0.05, 0.1) is 17.0 Å². The maximum Gasteiger partial charge on any atom is 0.261 e. The van der Waals surface area contributed by atoms with Gasteiger partial charge in [-0.2, -0.15) is 0 Å². The summed E-state index contributed by atoms with van der Waals surface area (Å²) in [6.45, 7) is 0.491. The van der Waals surface area contributed by atoms with Crippen LogP contribution in [0.3, 0.4) is 0 Å². The van der Waals surface area contributed by atoms with Crippen LogP contribution in [0.2, 0.25) is 0 Å². The van der Waals surface area contributed by atoms with E-state index in [1.165, 1.54) is 0 Å². The Kier molecular flexibility index (Phi) is 4.27. The van der Waals surface area contributed by atoms with E-state index in [1.54, 1.807) is 49.7 Å². The summed E-state index contributed by atoms with van der Waals surface area (Å²) in [5, 5.41) is 0.783. The number of benzene rings is 2. The molecular formula is C17H16N2O3S. The SMILES string of the molecule is COCc1ccc(NS(=O)(=O)c2ccc3ncccc3c2)cc1. The van der Waals surface area contributed by atoms with Gasteiger partial charge in [0.25, 0.3) is 10.0 Å². The van der Waals surface area contributed by atoms with Crippen LogP contribution in [0.25, 0.3) is 10.9 Å². The highest BCUT2D eigenvalue weighted by atomic mass is 32.2. The molecule has 5 nitrogen and oxygen atoms in total. The van der Waals surface area contributed by atoms with Crippen LogP contribution in [0.5, 0.6) is 0 Å². The number of methoxy groups -OCH3 is 1. The topological polar surface area (TPSA) is 68.3 Å². The third-order valence-electron chi connectivity index (χ3n) is 3.40. The van der Waals surface area contributed by atoms with Gasteiger partial charge in [0, 0.05) is 24.4 Å². The Morgan fingerprint density at radius 1 is 1.09 bits per heavy atom. The van der Waals surface area contributed by atoms with Crippen LogP contribution in [0.15, 0.2) is 65.7 Å². The third-order valence-corrected chi connectivity index (χ3v) is 4.78. The van der Waals surface area contributed by atoms with E-state index in [4.69, 9.17) is 4.74 Å². The molecule has 0 spiro atoms. The minimum Gasteiger partial charge on any atom is -0.380 e. The van der Waals surface area contributed by atoms with E-state index < -0.39 is 10.0 Å². The zero-order valence-electron chi connectivity index (χ0n) is 12.6. The zero-order valence-corrected chi connectivity index (χ0v) is 13.4. The van der Waals surface area contributed by atoms with Crippen molar-refractivity contribution in [2.24, 2.45) is 0 Å². The third kappa shape index (κ3) is 3.49. The van der Waals surface area contributed by atoms with E-state index >= 15 is 0 Å². The van der Waals surface area contributed by atoms with Gasteiger partial charge < -0.3 is 4.74 Å². The Bertz CT molecular complexity index is 922. The Morgan fingerprint density at radius 3 is 2.61 bits per heavy atom. The summed E-state index contributed by atoms with van der Waals surface area (Å²) in [6, 6.07) is 15.6. The second kappa shape index (κ2) is 6.36. The Hall–Kier alpha value is -2.44. The second-order valence-electron chi connectivity index (χ2n) is 5.09. The first-order valence-electron chi connectivity index (χ1n) is 7.04. The zero-order chi connectivity index (χ0) is 16.3. The molecule has 0 bridgehead atoms. The summed E-state index contributed by atoms with van der Waals surface area (Å²) in [7, 11) is -2.02. The number of hydrogen-bond donors (Lipinski definition) is 1. The number of fused-ring (bicyclic) bond motifs is 1. The van der Waals surface area contributed by atoms with Crippen LogP contribution in [-0.4, -0.2) is 20.5 Å². The van der Waals surface area contributed by atoms with Crippen molar-refractivity contribution in [1.82, 2.24) is 4.98 Å². The predicted molar refractivity (Wildman–Crippen MR) is 89.7 cm³/mol. The van der Waals surface area contributed by atoms with Crippen molar-refractivity contribution in [3.05, 3.63) is 66.4 Å². The van der Waals surface area contributed by atoms with Gasteiger partial charge in [0.15, 0.2) is 0 Å². The number of pyridine rings is 1. The lowest BCUT2D eigenvalue weighted by Gasteiger charge is -2.09. The molecule has 0 aliphatic carbocycles. The van der Waals surface area contributed by atoms with Crippen LogP contribution in [0, 0.1) is 0 Å². The molecule has 0 unspecified atom stereocenters. The minimum absolute atomic E-state index is 0.207. The van der Waals surface area contributed by atoms with E-state index in [-0.39, 0.29) is 4.90 Å². The molecule has 0 fully saturated rings. The maximum atomic E-state index is 12.5. The van der Waals surface area contributed by atoms with Crippen LogP contribution in [0.1, 0.15) is 5.56 Å². The van der Waals surface area contributed by atoms with Crippen molar-refractivity contribution in [2.75, 3.05) is 11.8 Å². The lowest BCUT2D eigenvalue weighted by Crippen LogP contribution is -2.12. The van der Waals surface area contributed by atoms with E-state index in [2.05, 4.69) is 9.71 Å². The van der Waals surface area contributed by atoms with Crippen molar-refractivity contribution in [3.8, 4) is 0 Å². The van der Waals surface area contributed by atoms with E-state index in [9.17, 15) is 8.42 Å². The van der Waals surface area contributed by atoms with Crippen molar-refractivity contribution in [3.63, 3.8) is 0 Å². The van der Waals surface area contributed by atoms with Crippen molar-refractivity contribution in [1.29, 1.82) is 0 Å². The lowest BCUT2D eigenvalue weighted by molar-refractivity contribution is 0.185. The average molecular weight is 328 g/mol. The molecule has 0 aliphatic rings. The van der Waals surface area contributed by atoms with Gasteiger partial charge >= 0.3 is 0 Å². The van der Waals surface area contributed by atoms with Gasteiger partial charge in [0.2, 0.25) is 0 Å². The van der Waals surface area contributed by atoms with E-state index in [0.29, 0.717) is 12.3 Å². The normalized spacial score (nSPS) is 11.5. The highest BCUT2D eigenvalue weighted by Gasteiger charge is 2.14. The fourth-order valence-corrected chi connectivity index (χ4v) is 3.36. The molecule has 0 aliphatic heterocycles. The number of hydrogen-bond acceptors (Lipinski definition) is 4. The first-order chi connectivity index (χ1) is 11.1. The number of aromatic nitrogens is 1. The summed E-state index contributed by atoms with van der Waals surface area (Å²) in [6.07, 6.45) is 1.68. The van der Waals surface area contributed by atoms with E-state index in [0.717, 1.165) is 16.5 Å². The Morgan fingerprint density at radius 2 is 1.87 bits per heavy atom. The molecule has 0 radical (unpaired) electrons. The molecule has 1 aromatic heterocycles. The monoisotopic (exact) mass is 328 g/mol. The van der Waals surface area contributed by atoms with Crippen LogP contribution >= 0.6 is 0 Å². The van der Waals surface area contributed by atoms with Gasteiger partial charge in [-0.05, 0) is 42.0 Å². The second-order valence-corrected chi connectivity index (χ2v) is 6.78. The number of sulfonamides is 1. The number of nitrogens with zero attached hydrogens (tertiary/aromatic N) is 1. The Labute approximate surface area is 135 Å². The number of rotatable bonds is 5. The van der Waals surface area contributed by atoms with Crippen LogP contribution in [0.4, 0.5) is 5.69 Å². The summed E-state index contributed by atoms with van der Waals surface area (Å²) >= 11 is 0. The molecule has 0 amide bonds. The summed E-state index contributed by atoms with van der Waals surface area (Å²) in [4.78, 5) is 4.40. The Balaban J connectivity index is 1.87. The fourth-order valence-electron chi connectivity index (χ4n) is 2.27. The fraction of sp³-hybridized carbons (Fsp3) is 0.118. The van der Waals surface area contributed by atoms with Gasteiger partial charge in [-0.1, -0.05) is 18.2 Å². The smallest absolute Gasteiger partial charge is 0.261 e. The molecule has 6 heteroatoms. The predicted octanol–water partition coefficient (Wildman–Crippen LogP) is 3.18. The lowest BCUT2D eigenvalue weighted by atomic mass is 10.2. The molecular weight excluding hydrogens is 312 g/mol. The first kappa shape index (κ1) is 15.5. The first-order valence-corrected chi connectivity index (χ1v) is 8.52. The number of anilines is 1. The van der Waals surface area contributed by atoms with Gasteiger partial charge in [-0.25, -0.2) is 8.42 Å². The molecule has 118 valence electrons. The summed E-state index contributed by atoms with van der Waals surface area (Å²) in [5.41, 5.74) is 2.25. The van der Waals surface area contributed by atoms with Gasteiger partial charge in [-0.15, -0.1) is 0 Å². The van der Waals surface area contributed by atoms with Gasteiger partial charge in [-0.3, -0.25) is 9.71 Å². The molecule has 3 rings (SSSR count). The van der Waals surface area contributed by atoms with E-state index in [1.807, 2.05) is 18.2 Å². The van der Waals surface area contributed by atoms with Crippen LogP contribution < -0.4 is 4.72 Å². The molecule has 0 saturated carbocycles. The van der Waals surface area contributed by atoms with Gasteiger partial charge in [0.1, 0.15) is 0 Å². The maximum absolute atomic E-state index is 12.5. The molecule has 2 aromatic carbocycles. The minimum atomic E-state index is -3.64. The van der Waals surface area contributed by atoms with Crippen molar-refractivity contribution >= 4 is 26.6 Å². The molecule has 1 heterocycles. The molecule has 0 atom stereocenters. The molecule has 23 heavy (non-hydrogen) atoms. The number of ether oxygens (including phenoxy) is 1. The highest BCUT2D eigenvalue weighted by Crippen LogP contribution is 2.20. The van der Waals surface area contributed by atoms with Crippen molar-refractivity contribution in [2.45, 2.75) is 11.5 Å². The molecule has 0 saturated heterocycles. The summed E-state index contributed by atoms with van der Waals surface area (Å²) < 4.78 is 32.6. The summed E-state index contributed by atoms with van der Waals surface area (Å²) in [5.74, 6) is 0. The molecule has 3 aromatic rings. The quantitative estimate of drug-likeness (QED) is 0.781. The highest BCUT2D eigenvalue weighted by molar-refractivity contribution is 7.92. The van der Waals surface area contributed by atoms with Crippen molar-refractivity contribution < 1.29 is 13.2 Å². The van der Waals surface area contributed by atoms with Crippen LogP contribution in [-0.2, 0) is 21.4 Å².